The Kier molecular flexibility index (Phi) is 6.87. The molecular weight excluding hydrogens is 292 g/mol. The highest BCUT2D eigenvalue weighted by Gasteiger charge is 2.17. The minimum Gasteiger partial charge on any atom is -0.463 e. The number of ether oxygens (including phenoxy) is 1. The van der Waals surface area contributed by atoms with Gasteiger partial charge < -0.3 is 15.4 Å². The lowest BCUT2D eigenvalue weighted by atomic mass is 10.3. The summed E-state index contributed by atoms with van der Waals surface area (Å²) >= 11 is 1.31. The predicted molar refractivity (Wildman–Crippen MR) is 80.1 cm³/mol. The lowest BCUT2D eigenvalue weighted by molar-refractivity contribution is -0.147. The molecule has 1 heterocycles. The number of rotatable bonds is 7. The first-order valence-electron chi connectivity index (χ1n) is 6.71. The molecule has 1 atom stereocenters. The van der Waals surface area contributed by atoms with E-state index in [-0.39, 0.29) is 36.9 Å². The minimum atomic E-state index is -0.666. The van der Waals surface area contributed by atoms with Crippen LogP contribution in [-0.4, -0.2) is 36.5 Å². The molecule has 0 aromatic carbocycles. The quantitative estimate of drug-likeness (QED) is 0.744. The summed E-state index contributed by atoms with van der Waals surface area (Å²) < 4.78 is 4.95. The van der Waals surface area contributed by atoms with E-state index in [1.54, 1.807) is 38.3 Å². The van der Waals surface area contributed by atoms with E-state index in [1.807, 2.05) is 0 Å². The van der Waals surface area contributed by atoms with Gasteiger partial charge >= 0.3 is 5.97 Å². The van der Waals surface area contributed by atoms with Crippen LogP contribution in [0, 0.1) is 0 Å². The highest BCUT2D eigenvalue weighted by Crippen LogP contribution is 2.08. The molecule has 0 fully saturated rings. The molecule has 0 saturated carbocycles. The SMILES string of the molecule is CC(C)OC(=O)CCNC(=O)C(C)NC(=O)c1cccs1. The summed E-state index contributed by atoms with van der Waals surface area (Å²) in [7, 11) is 0. The molecule has 1 aromatic heterocycles. The maximum absolute atomic E-state index is 11.8. The second-order valence-electron chi connectivity index (χ2n) is 4.75. The van der Waals surface area contributed by atoms with Gasteiger partial charge in [0.2, 0.25) is 5.91 Å². The zero-order valence-corrected chi connectivity index (χ0v) is 13.2. The van der Waals surface area contributed by atoms with Crippen LogP contribution < -0.4 is 10.6 Å². The third-order valence-electron chi connectivity index (χ3n) is 2.48. The number of amides is 2. The van der Waals surface area contributed by atoms with Crippen molar-refractivity contribution in [3.8, 4) is 0 Å². The van der Waals surface area contributed by atoms with Crippen molar-refractivity contribution in [1.82, 2.24) is 10.6 Å². The van der Waals surface area contributed by atoms with Crippen molar-refractivity contribution in [2.24, 2.45) is 0 Å². The van der Waals surface area contributed by atoms with Crippen LogP contribution in [0.5, 0.6) is 0 Å². The van der Waals surface area contributed by atoms with Gasteiger partial charge in [0.1, 0.15) is 6.04 Å². The van der Waals surface area contributed by atoms with Crippen LogP contribution in [0.4, 0.5) is 0 Å². The molecule has 116 valence electrons. The monoisotopic (exact) mass is 312 g/mol. The van der Waals surface area contributed by atoms with Crippen molar-refractivity contribution in [3.05, 3.63) is 22.4 Å². The fourth-order valence-electron chi connectivity index (χ4n) is 1.50. The van der Waals surface area contributed by atoms with E-state index in [4.69, 9.17) is 4.74 Å². The molecule has 1 aromatic rings. The Labute approximate surface area is 127 Å². The molecule has 0 spiro atoms. The van der Waals surface area contributed by atoms with Gasteiger partial charge in [-0.05, 0) is 32.2 Å². The van der Waals surface area contributed by atoms with Crippen molar-refractivity contribution < 1.29 is 19.1 Å². The van der Waals surface area contributed by atoms with Gasteiger partial charge in [0.15, 0.2) is 0 Å². The van der Waals surface area contributed by atoms with E-state index in [0.717, 1.165) is 0 Å². The second-order valence-corrected chi connectivity index (χ2v) is 5.70. The molecule has 0 radical (unpaired) electrons. The second kappa shape index (κ2) is 8.41. The Morgan fingerprint density at radius 2 is 2.00 bits per heavy atom. The minimum absolute atomic E-state index is 0.107. The first kappa shape index (κ1) is 17.2. The summed E-state index contributed by atoms with van der Waals surface area (Å²) in [6, 6.07) is 2.79. The normalized spacial score (nSPS) is 11.8. The van der Waals surface area contributed by atoms with Crippen molar-refractivity contribution >= 4 is 29.1 Å². The van der Waals surface area contributed by atoms with Crippen molar-refractivity contribution in [1.29, 1.82) is 0 Å². The van der Waals surface area contributed by atoms with E-state index in [9.17, 15) is 14.4 Å². The van der Waals surface area contributed by atoms with Crippen molar-refractivity contribution in [2.45, 2.75) is 39.3 Å². The molecule has 0 aliphatic heterocycles. The molecule has 0 aliphatic carbocycles. The summed E-state index contributed by atoms with van der Waals surface area (Å²) in [5.74, 6) is -0.982. The van der Waals surface area contributed by atoms with E-state index in [1.165, 1.54) is 11.3 Å². The standard InChI is InChI=1S/C14H20N2O4S/c1-9(2)20-12(17)6-7-15-13(18)10(3)16-14(19)11-5-4-8-21-11/h4-5,8-10H,6-7H2,1-3H3,(H,15,18)(H,16,19). The number of carbonyl (C=O) groups excluding carboxylic acids is 3. The van der Waals surface area contributed by atoms with Gasteiger partial charge in [-0.1, -0.05) is 6.07 Å². The van der Waals surface area contributed by atoms with Crippen molar-refractivity contribution in [3.63, 3.8) is 0 Å². The number of carbonyl (C=O) groups is 3. The third kappa shape index (κ3) is 6.40. The fourth-order valence-corrected chi connectivity index (χ4v) is 2.13. The number of thiophene rings is 1. The van der Waals surface area contributed by atoms with Gasteiger partial charge in [-0.25, -0.2) is 0 Å². The molecular formula is C14H20N2O4S. The van der Waals surface area contributed by atoms with Crippen LogP contribution in [0.3, 0.4) is 0 Å². The first-order chi connectivity index (χ1) is 9.90. The van der Waals surface area contributed by atoms with Gasteiger partial charge in [0.05, 0.1) is 17.4 Å². The number of nitrogens with one attached hydrogen (secondary N) is 2. The largest absolute Gasteiger partial charge is 0.463 e. The smallest absolute Gasteiger partial charge is 0.307 e. The van der Waals surface area contributed by atoms with Crippen LogP contribution in [0.2, 0.25) is 0 Å². The van der Waals surface area contributed by atoms with E-state index >= 15 is 0 Å². The van der Waals surface area contributed by atoms with Crippen molar-refractivity contribution in [2.75, 3.05) is 6.54 Å². The number of hydrogen-bond donors (Lipinski definition) is 2. The fraction of sp³-hybridized carbons (Fsp3) is 0.500. The van der Waals surface area contributed by atoms with E-state index in [2.05, 4.69) is 10.6 Å². The lowest BCUT2D eigenvalue weighted by Crippen LogP contribution is -2.45. The molecule has 0 aliphatic rings. The van der Waals surface area contributed by atoms with Gasteiger partial charge in [-0.3, -0.25) is 14.4 Å². The molecule has 7 heteroatoms. The number of esters is 1. The summed E-state index contributed by atoms with van der Waals surface area (Å²) in [6.45, 7) is 5.30. The van der Waals surface area contributed by atoms with Gasteiger partial charge in [0.25, 0.3) is 5.91 Å². The van der Waals surface area contributed by atoms with Crippen LogP contribution in [0.25, 0.3) is 0 Å². The molecule has 21 heavy (non-hydrogen) atoms. The van der Waals surface area contributed by atoms with Crippen LogP contribution in [0.15, 0.2) is 17.5 Å². The highest BCUT2D eigenvalue weighted by molar-refractivity contribution is 7.12. The zero-order chi connectivity index (χ0) is 15.8. The molecule has 2 N–H and O–H groups in total. The van der Waals surface area contributed by atoms with Gasteiger partial charge in [-0.2, -0.15) is 0 Å². The molecule has 2 amide bonds. The van der Waals surface area contributed by atoms with E-state index in [0.29, 0.717) is 4.88 Å². The van der Waals surface area contributed by atoms with Crippen LogP contribution in [-0.2, 0) is 14.3 Å². The molecule has 1 unspecified atom stereocenters. The zero-order valence-electron chi connectivity index (χ0n) is 12.3. The first-order valence-corrected chi connectivity index (χ1v) is 7.59. The molecule has 0 bridgehead atoms. The molecule has 6 nitrogen and oxygen atoms in total. The summed E-state index contributed by atoms with van der Waals surface area (Å²) in [6.07, 6.45) is -0.0626. The Morgan fingerprint density at radius 3 is 2.57 bits per heavy atom. The third-order valence-corrected chi connectivity index (χ3v) is 3.35. The summed E-state index contributed by atoms with van der Waals surface area (Å²) in [4.78, 5) is 35.4. The Hall–Kier alpha value is -1.89. The maximum Gasteiger partial charge on any atom is 0.307 e. The Balaban J connectivity index is 2.28. The molecule has 0 saturated heterocycles. The molecule has 1 rings (SSSR count). The van der Waals surface area contributed by atoms with Crippen LogP contribution >= 0.6 is 11.3 Å². The maximum atomic E-state index is 11.8. The Bertz CT molecular complexity index is 485. The van der Waals surface area contributed by atoms with E-state index < -0.39 is 6.04 Å². The summed E-state index contributed by atoms with van der Waals surface area (Å²) in [5.41, 5.74) is 0. The average molecular weight is 312 g/mol. The predicted octanol–water partition coefficient (Wildman–Crippen LogP) is 1.32. The van der Waals surface area contributed by atoms with Gasteiger partial charge in [-0.15, -0.1) is 11.3 Å². The Morgan fingerprint density at radius 1 is 1.29 bits per heavy atom. The lowest BCUT2D eigenvalue weighted by Gasteiger charge is -2.13. The topological polar surface area (TPSA) is 84.5 Å². The average Bonchev–Trinajstić information content (AvgIpc) is 2.91. The van der Waals surface area contributed by atoms with Crippen LogP contribution in [0.1, 0.15) is 36.9 Å². The summed E-state index contributed by atoms with van der Waals surface area (Å²) in [5, 5.41) is 6.97. The number of hydrogen-bond acceptors (Lipinski definition) is 5. The van der Waals surface area contributed by atoms with Gasteiger partial charge in [0, 0.05) is 6.54 Å². The highest BCUT2D eigenvalue weighted by atomic mass is 32.1.